The number of rotatable bonds is 7. The van der Waals surface area contributed by atoms with Crippen LogP contribution < -0.4 is 10.9 Å². The second kappa shape index (κ2) is 9.83. The minimum Gasteiger partial charge on any atom is -0.493 e. The van der Waals surface area contributed by atoms with Gasteiger partial charge in [-0.25, -0.2) is 0 Å². The van der Waals surface area contributed by atoms with Gasteiger partial charge in [-0.1, -0.05) is 49.9 Å². The van der Waals surface area contributed by atoms with Gasteiger partial charge in [0.05, 0.1) is 17.5 Å². The third-order valence-corrected chi connectivity index (χ3v) is 6.12. The third kappa shape index (κ3) is 5.17. The molecule has 0 saturated heterocycles. The number of aromatic hydroxyl groups is 1. The number of nitrogens with zero attached hydrogens (tertiary/aromatic N) is 2. The number of carbonyl (C=O) groups excluding carboxylic acids is 1. The molecule has 0 fully saturated rings. The maximum atomic E-state index is 12.9. The first-order chi connectivity index (χ1) is 14.8. The zero-order valence-electron chi connectivity index (χ0n) is 18.2. The summed E-state index contributed by atoms with van der Waals surface area (Å²) in [6.45, 7) is 8.07. The second-order valence-electron chi connectivity index (χ2n) is 7.34. The normalized spacial score (nSPS) is 10.8. The van der Waals surface area contributed by atoms with Gasteiger partial charge in [-0.3, -0.25) is 14.2 Å². The van der Waals surface area contributed by atoms with Crippen LogP contribution in [0, 0.1) is 13.8 Å². The van der Waals surface area contributed by atoms with E-state index in [1.807, 2.05) is 64.1 Å². The predicted octanol–water partition coefficient (Wildman–Crippen LogP) is 4.41. The predicted molar refractivity (Wildman–Crippen MR) is 126 cm³/mol. The van der Waals surface area contributed by atoms with Crippen molar-refractivity contribution in [2.24, 2.45) is 0 Å². The first-order valence-corrected chi connectivity index (χ1v) is 11.3. The Morgan fingerprint density at radius 3 is 2.35 bits per heavy atom. The van der Waals surface area contributed by atoms with Crippen LogP contribution in [0.2, 0.25) is 0 Å². The van der Waals surface area contributed by atoms with Gasteiger partial charge in [0.25, 0.3) is 5.56 Å². The van der Waals surface area contributed by atoms with Crippen molar-refractivity contribution in [2.45, 2.75) is 45.7 Å². The van der Waals surface area contributed by atoms with E-state index in [-0.39, 0.29) is 28.3 Å². The number of amides is 1. The molecule has 0 aliphatic carbocycles. The second-order valence-corrected chi connectivity index (χ2v) is 8.28. The summed E-state index contributed by atoms with van der Waals surface area (Å²) in [4.78, 5) is 29.6. The van der Waals surface area contributed by atoms with Gasteiger partial charge < -0.3 is 10.4 Å². The minimum atomic E-state index is -0.375. The maximum absolute atomic E-state index is 12.9. The zero-order chi connectivity index (χ0) is 22.5. The molecular formula is C24H27N3O3S. The van der Waals surface area contributed by atoms with Crippen LogP contribution in [0.15, 0.2) is 52.4 Å². The number of aromatic nitrogens is 2. The van der Waals surface area contributed by atoms with Gasteiger partial charge in [0.15, 0.2) is 5.16 Å². The van der Waals surface area contributed by atoms with Gasteiger partial charge >= 0.3 is 0 Å². The summed E-state index contributed by atoms with van der Waals surface area (Å²) in [5.41, 5.74) is 5.39. The average Bonchev–Trinajstić information content (AvgIpc) is 2.74. The molecule has 3 rings (SSSR count). The lowest BCUT2D eigenvalue weighted by Crippen LogP contribution is -2.23. The highest BCUT2D eigenvalue weighted by atomic mass is 32.2. The van der Waals surface area contributed by atoms with Crippen molar-refractivity contribution in [3.63, 3.8) is 0 Å². The van der Waals surface area contributed by atoms with E-state index < -0.39 is 0 Å². The number of para-hydroxylation sites is 1. The first-order valence-electron chi connectivity index (χ1n) is 10.3. The Balaban J connectivity index is 1.92. The summed E-state index contributed by atoms with van der Waals surface area (Å²) in [6.07, 6.45) is 1.49. The van der Waals surface area contributed by atoms with E-state index in [1.54, 1.807) is 0 Å². The standard InChI is InChI=1S/C24H27N3O3S/c1-5-17-8-7-9-18(6-2)23(17)27-22(30)13-20(28)26-24(27)31-14-21(29)25-19-11-10-15(3)16(4)12-19/h7-13,28H,5-6,14H2,1-4H3,(H,25,29). The van der Waals surface area contributed by atoms with Crippen molar-refractivity contribution in [3.05, 3.63) is 75.1 Å². The molecule has 3 aromatic rings. The Bertz CT molecular complexity index is 1150. The smallest absolute Gasteiger partial charge is 0.262 e. The molecule has 0 unspecified atom stereocenters. The zero-order valence-corrected chi connectivity index (χ0v) is 19.0. The van der Waals surface area contributed by atoms with Gasteiger partial charge in [0.1, 0.15) is 0 Å². The van der Waals surface area contributed by atoms with Crippen LogP contribution in [0.25, 0.3) is 5.69 Å². The fourth-order valence-electron chi connectivity index (χ4n) is 3.40. The summed E-state index contributed by atoms with van der Waals surface area (Å²) in [7, 11) is 0. The highest BCUT2D eigenvalue weighted by molar-refractivity contribution is 7.99. The molecule has 2 aromatic carbocycles. The molecule has 0 aliphatic heterocycles. The molecule has 31 heavy (non-hydrogen) atoms. The van der Waals surface area contributed by atoms with Crippen molar-refractivity contribution < 1.29 is 9.90 Å². The number of thioether (sulfide) groups is 1. The summed E-state index contributed by atoms with van der Waals surface area (Å²) < 4.78 is 1.51. The number of benzene rings is 2. The van der Waals surface area contributed by atoms with Gasteiger partial charge in [-0.15, -0.1) is 0 Å². The van der Waals surface area contributed by atoms with Crippen molar-refractivity contribution in [1.82, 2.24) is 9.55 Å². The fraction of sp³-hybridized carbons (Fsp3) is 0.292. The molecule has 1 heterocycles. The van der Waals surface area contributed by atoms with Crippen molar-refractivity contribution in [3.8, 4) is 11.6 Å². The van der Waals surface area contributed by atoms with Gasteiger partial charge in [-0.2, -0.15) is 4.98 Å². The molecule has 0 atom stereocenters. The summed E-state index contributed by atoms with van der Waals surface area (Å²) in [5.74, 6) is -0.513. The van der Waals surface area contributed by atoms with Crippen LogP contribution in [-0.4, -0.2) is 26.3 Å². The monoisotopic (exact) mass is 437 g/mol. The first kappa shape index (κ1) is 22.6. The number of hydrogen-bond acceptors (Lipinski definition) is 5. The summed E-state index contributed by atoms with van der Waals surface area (Å²) in [5, 5.41) is 13.1. The molecule has 6 nitrogen and oxygen atoms in total. The largest absolute Gasteiger partial charge is 0.493 e. The molecular weight excluding hydrogens is 410 g/mol. The molecule has 0 aliphatic rings. The Hall–Kier alpha value is -3.06. The van der Waals surface area contributed by atoms with E-state index >= 15 is 0 Å². The van der Waals surface area contributed by atoms with Crippen LogP contribution in [-0.2, 0) is 17.6 Å². The lowest BCUT2D eigenvalue weighted by molar-refractivity contribution is -0.113. The number of carbonyl (C=O) groups is 1. The Labute approximate surface area is 186 Å². The van der Waals surface area contributed by atoms with Crippen LogP contribution in [0.3, 0.4) is 0 Å². The maximum Gasteiger partial charge on any atom is 0.262 e. The minimum absolute atomic E-state index is 0.0541. The highest BCUT2D eigenvalue weighted by Crippen LogP contribution is 2.26. The van der Waals surface area contributed by atoms with E-state index in [0.717, 1.165) is 64.3 Å². The molecule has 0 saturated carbocycles. The summed E-state index contributed by atoms with van der Waals surface area (Å²) >= 11 is 1.12. The van der Waals surface area contributed by atoms with Crippen molar-refractivity contribution >= 4 is 23.4 Å². The topological polar surface area (TPSA) is 84.2 Å². The number of anilines is 1. The SMILES string of the molecule is CCc1cccc(CC)c1-n1c(SCC(=O)Nc2ccc(C)c(C)c2)nc(O)cc1=O. The highest BCUT2D eigenvalue weighted by Gasteiger charge is 2.18. The van der Waals surface area contributed by atoms with Crippen LogP contribution in [0.1, 0.15) is 36.1 Å². The number of hydrogen-bond donors (Lipinski definition) is 2. The third-order valence-electron chi connectivity index (χ3n) is 5.19. The number of aryl methyl sites for hydroxylation is 4. The van der Waals surface area contributed by atoms with Crippen molar-refractivity contribution in [2.75, 3.05) is 11.1 Å². The molecule has 0 bridgehead atoms. The molecule has 0 radical (unpaired) electrons. The van der Waals surface area contributed by atoms with Crippen molar-refractivity contribution in [1.29, 1.82) is 0 Å². The Morgan fingerprint density at radius 2 is 1.74 bits per heavy atom. The van der Waals surface area contributed by atoms with E-state index in [4.69, 9.17) is 0 Å². The quantitative estimate of drug-likeness (QED) is 0.422. The molecule has 162 valence electrons. The molecule has 1 aromatic heterocycles. The lowest BCUT2D eigenvalue weighted by Gasteiger charge is -2.18. The van der Waals surface area contributed by atoms with Gasteiger partial charge in [0.2, 0.25) is 11.8 Å². The van der Waals surface area contributed by atoms with Crippen LogP contribution >= 0.6 is 11.8 Å². The lowest BCUT2D eigenvalue weighted by atomic mass is 10.0. The van der Waals surface area contributed by atoms with Crippen LogP contribution in [0.4, 0.5) is 5.69 Å². The summed E-state index contributed by atoms with van der Waals surface area (Å²) in [6, 6.07) is 12.8. The molecule has 2 N–H and O–H groups in total. The van der Waals surface area contributed by atoms with E-state index in [1.165, 1.54) is 4.57 Å². The van der Waals surface area contributed by atoms with E-state index in [9.17, 15) is 14.7 Å². The van der Waals surface area contributed by atoms with Gasteiger partial charge in [0, 0.05) is 5.69 Å². The van der Waals surface area contributed by atoms with Crippen LogP contribution in [0.5, 0.6) is 5.88 Å². The molecule has 1 amide bonds. The molecule has 0 spiro atoms. The molecule has 7 heteroatoms. The Morgan fingerprint density at radius 1 is 1.06 bits per heavy atom. The Kier molecular flexibility index (Phi) is 7.17. The van der Waals surface area contributed by atoms with E-state index in [2.05, 4.69) is 10.3 Å². The van der Waals surface area contributed by atoms with Gasteiger partial charge in [-0.05, 0) is 61.1 Å². The average molecular weight is 438 g/mol. The van der Waals surface area contributed by atoms with E-state index in [0.29, 0.717) is 0 Å². The fourth-order valence-corrected chi connectivity index (χ4v) is 4.20. The number of nitrogens with one attached hydrogen (secondary N) is 1.